The summed E-state index contributed by atoms with van der Waals surface area (Å²) in [5.41, 5.74) is 7.99. The van der Waals surface area contributed by atoms with Crippen molar-refractivity contribution in [1.29, 1.82) is 0 Å². The number of aryl methyl sites for hydroxylation is 1. The number of primary amides is 1. The molecule has 4 rings (SSSR count). The van der Waals surface area contributed by atoms with E-state index in [9.17, 15) is 14.4 Å². The number of rotatable bonds is 6. The fourth-order valence-corrected chi connectivity index (χ4v) is 3.37. The molecular formula is C21H20N6O3. The number of benzene rings is 2. The van der Waals surface area contributed by atoms with Crippen LogP contribution < -0.4 is 16.7 Å². The van der Waals surface area contributed by atoms with Gasteiger partial charge in [-0.25, -0.2) is 9.48 Å². The zero-order valence-corrected chi connectivity index (χ0v) is 16.3. The van der Waals surface area contributed by atoms with Gasteiger partial charge in [0.05, 0.1) is 16.7 Å². The van der Waals surface area contributed by atoms with Crippen molar-refractivity contribution in [1.82, 2.24) is 18.9 Å². The summed E-state index contributed by atoms with van der Waals surface area (Å²) < 4.78 is 4.63. The fourth-order valence-electron chi connectivity index (χ4n) is 3.37. The Morgan fingerprint density at radius 3 is 2.27 bits per heavy atom. The van der Waals surface area contributed by atoms with Gasteiger partial charge in [0.25, 0.3) is 5.91 Å². The number of hydrogen-bond acceptors (Lipinski definition) is 4. The number of para-hydroxylation sites is 2. The number of carbonyl (C=O) groups excluding carboxylic acids is 2. The minimum Gasteiger partial charge on any atom is -0.364 e. The van der Waals surface area contributed by atoms with E-state index in [1.54, 1.807) is 35.0 Å². The molecule has 0 atom stereocenters. The van der Waals surface area contributed by atoms with E-state index < -0.39 is 5.91 Å². The number of anilines is 1. The van der Waals surface area contributed by atoms with Gasteiger partial charge in [0, 0.05) is 18.4 Å². The third-order valence-corrected chi connectivity index (χ3v) is 4.80. The van der Waals surface area contributed by atoms with Gasteiger partial charge in [-0.05, 0) is 49.4 Å². The molecule has 30 heavy (non-hydrogen) atoms. The van der Waals surface area contributed by atoms with E-state index in [1.165, 1.54) is 15.3 Å². The highest BCUT2D eigenvalue weighted by Crippen LogP contribution is 2.15. The van der Waals surface area contributed by atoms with Gasteiger partial charge in [-0.3, -0.25) is 18.7 Å². The van der Waals surface area contributed by atoms with Crippen molar-refractivity contribution in [3.05, 3.63) is 77.0 Å². The number of hydrogen-bond donors (Lipinski definition) is 2. The molecule has 0 aliphatic heterocycles. The Morgan fingerprint density at radius 1 is 1.00 bits per heavy atom. The molecule has 0 spiro atoms. The maximum atomic E-state index is 12.7. The summed E-state index contributed by atoms with van der Waals surface area (Å²) in [6.45, 7) is 2.33. The first-order valence-electron chi connectivity index (χ1n) is 9.41. The van der Waals surface area contributed by atoms with Crippen LogP contribution in [0.1, 0.15) is 17.4 Å². The molecule has 0 aliphatic rings. The molecule has 0 aliphatic carbocycles. The van der Waals surface area contributed by atoms with Crippen molar-refractivity contribution in [3.63, 3.8) is 0 Å². The summed E-state index contributed by atoms with van der Waals surface area (Å²) in [6.07, 6.45) is 1.63. The van der Waals surface area contributed by atoms with Gasteiger partial charge in [0.1, 0.15) is 12.2 Å². The number of aromatic nitrogens is 4. The summed E-state index contributed by atoms with van der Waals surface area (Å²) in [6, 6.07) is 15.9. The maximum Gasteiger partial charge on any atom is 0.329 e. The van der Waals surface area contributed by atoms with Crippen molar-refractivity contribution in [2.75, 3.05) is 5.32 Å². The summed E-state index contributed by atoms with van der Waals surface area (Å²) in [4.78, 5) is 36.4. The summed E-state index contributed by atoms with van der Waals surface area (Å²) in [5.74, 6) is -0.906. The lowest BCUT2D eigenvalue weighted by atomic mass is 10.2. The topological polar surface area (TPSA) is 117 Å². The van der Waals surface area contributed by atoms with Crippen molar-refractivity contribution in [2.45, 2.75) is 20.0 Å². The van der Waals surface area contributed by atoms with Crippen LogP contribution in [0, 0.1) is 0 Å². The summed E-state index contributed by atoms with van der Waals surface area (Å²) in [7, 11) is 0. The van der Waals surface area contributed by atoms with Crippen LogP contribution >= 0.6 is 0 Å². The predicted octanol–water partition coefficient (Wildman–Crippen LogP) is 1.75. The molecule has 152 valence electrons. The van der Waals surface area contributed by atoms with E-state index in [2.05, 4.69) is 10.4 Å². The lowest BCUT2D eigenvalue weighted by molar-refractivity contribution is -0.116. The number of nitrogens with one attached hydrogen (secondary N) is 1. The van der Waals surface area contributed by atoms with Crippen LogP contribution in [0.25, 0.3) is 16.7 Å². The Hall–Kier alpha value is -4.14. The van der Waals surface area contributed by atoms with Gasteiger partial charge in [0.2, 0.25) is 5.91 Å². The van der Waals surface area contributed by atoms with Gasteiger partial charge < -0.3 is 11.1 Å². The van der Waals surface area contributed by atoms with Gasteiger partial charge in [-0.2, -0.15) is 5.10 Å². The van der Waals surface area contributed by atoms with Crippen LogP contribution in [0.15, 0.2) is 65.6 Å². The number of nitrogens with zero attached hydrogens (tertiary/aromatic N) is 4. The second kappa shape index (κ2) is 7.70. The van der Waals surface area contributed by atoms with Gasteiger partial charge in [-0.15, -0.1) is 0 Å². The Labute approximate surface area is 171 Å². The lowest BCUT2D eigenvalue weighted by Crippen LogP contribution is -2.29. The standard InChI is InChI=1S/C21H20N6O3/c1-2-25-17-5-3-4-6-18(17)26(21(25)30)13-19(28)23-14-7-9-15(10-8-14)27-12-11-16(24-27)20(22)29/h3-12H,2,13H2,1H3,(H2,22,29)(H,23,28). The van der Waals surface area contributed by atoms with Gasteiger partial charge in [0.15, 0.2) is 0 Å². The number of fused-ring (bicyclic) bond motifs is 1. The van der Waals surface area contributed by atoms with E-state index in [1.807, 2.05) is 31.2 Å². The first-order valence-corrected chi connectivity index (χ1v) is 9.41. The minimum absolute atomic E-state index is 0.0881. The number of nitrogens with two attached hydrogens (primary N) is 1. The Bertz CT molecular complexity index is 1300. The van der Waals surface area contributed by atoms with E-state index in [0.717, 1.165) is 11.0 Å². The lowest BCUT2D eigenvalue weighted by Gasteiger charge is -2.08. The zero-order valence-electron chi connectivity index (χ0n) is 16.3. The van der Waals surface area contributed by atoms with Crippen molar-refractivity contribution in [2.24, 2.45) is 5.73 Å². The van der Waals surface area contributed by atoms with Crippen LogP contribution in [-0.4, -0.2) is 30.7 Å². The van der Waals surface area contributed by atoms with Crippen LogP contribution in [0.5, 0.6) is 0 Å². The van der Waals surface area contributed by atoms with E-state index >= 15 is 0 Å². The Kier molecular flexibility index (Phi) is 4.93. The molecule has 9 nitrogen and oxygen atoms in total. The molecule has 0 saturated carbocycles. The van der Waals surface area contributed by atoms with Gasteiger partial charge in [-0.1, -0.05) is 12.1 Å². The van der Waals surface area contributed by atoms with Crippen molar-refractivity contribution in [3.8, 4) is 5.69 Å². The average molecular weight is 404 g/mol. The van der Waals surface area contributed by atoms with Crippen molar-refractivity contribution >= 4 is 28.5 Å². The molecule has 2 aromatic heterocycles. The Balaban J connectivity index is 1.51. The largest absolute Gasteiger partial charge is 0.364 e. The highest BCUT2D eigenvalue weighted by atomic mass is 16.2. The number of carbonyl (C=O) groups is 2. The first-order chi connectivity index (χ1) is 14.5. The molecular weight excluding hydrogens is 384 g/mol. The molecule has 0 radical (unpaired) electrons. The van der Waals surface area contributed by atoms with Gasteiger partial charge >= 0.3 is 5.69 Å². The maximum absolute atomic E-state index is 12.7. The first kappa shape index (κ1) is 19.2. The molecule has 0 saturated heterocycles. The highest BCUT2D eigenvalue weighted by molar-refractivity contribution is 5.92. The van der Waals surface area contributed by atoms with Crippen LogP contribution in [-0.2, 0) is 17.9 Å². The molecule has 3 N–H and O–H groups in total. The third kappa shape index (κ3) is 3.48. The summed E-state index contributed by atoms with van der Waals surface area (Å²) in [5, 5.41) is 6.89. The number of amides is 2. The molecule has 9 heteroatoms. The normalized spacial score (nSPS) is 11.0. The average Bonchev–Trinajstić information content (AvgIpc) is 3.33. The third-order valence-electron chi connectivity index (χ3n) is 4.80. The molecule has 0 unspecified atom stereocenters. The van der Waals surface area contributed by atoms with Crippen LogP contribution in [0.4, 0.5) is 5.69 Å². The number of imidazole rings is 1. The second-order valence-electron chi connectivity index (χ2n) is 6.71. The van der Waals surface area contributed by atoms with Crippen LogP contribution in [0.2, 0.25) is 0 Å². The van der Waals surface area contributed by atoms with E-state index in [4.69, 9.17) is 5.73 Å². The molecule has 2 heterocycles. The van der Waals surface area contributed by atoms with E-state index in [-0.39, 0.29) is 23.8 Å². The molecule has 4 aromatic rings. The highest BCUT2D eigenvalue weighted by Gasteiger charge is 2.14. The molecule has 0 fully saturated rings. The minimum atomic E-state index is -0.600. The quantitative estimate of drug-likeness (QED) is 0.509. The predicted molar refractivity (Wildman–Crippen MR) is 113 cm³/mol. The smallest absolute Gasteiger partial charge is 0.329 e. The SMILES string of the molecule is CCn1c(=O)n(CC(=O)Nc2ccc(-n3ccc(C(N)=O)n3)cc2)c2ccccc21. The molecule has 0 bridgehead atoms. The molecule has 2 aromatic carbocycles. The summed E-state index contributed by atoms with van der Waals surface area (Å²) >= 11 is 0. The molecule has 2 amide bonds. The van der Waals surface area contributed by atoms with E-state index in [0.29, 0.717) is 17.9 Å². The Morgan fingerprint density at radius 2 is 1.67 bits per heavy atom. The second-order valence-corrected chi connectivity index (χ2v) is 6.71. The zero-order chi connectivity index (χ0) is 21.3. The fraction of sp³-hybridized carbons (Fsp3) is 0.143. The van der Waals surface area contributed by atoms with Crippen molar-refractivity contribution < 1.29 is 9.59 Å². The monoisotopic (exact) mass is 404 g/mol. The van der Waals surface area contributed by atoms with Crippen LogP contribution in [0.3, 0.4) is 0 Å².